The summed E-state index contributed by atoms with van der Waals surface area (Å²) in [6, 6.07) is 1.55. The average Bonchev–Trinajstić information content (AvgIpc) is 2.38. The van der Waals surface area contributed by atoms with E-state index >= 15 is 0 Å². The summed E-state index contributed by atoms with van der Waals surface area (Å²) in [4.78, 5) is 16.6. The zero-order valence-electron chi connectivity index (χ0n) is 11.2. The zero-order valence-corrected chi connectivity index (χ0v) is 11.2. The van der Waals surface area contributed by atoms with E-state index in [-0.39, 0.29) is 17.7 Å². The third kappa shape index (κ3) is 3.01. The summed E-state index contributed by atoms with van der Waals surface area (Å²) in [7, 11) is 0. The van der Waals surface area contributed by atoms with Crippen LogP contribution in [0.1, 0.15) is 25.3 Å². The highest BCUT2D eigenvalue weighted by atomic mass is 16.6. The minimum absolute atomic E-state index is 0.0188. The molecule has 6 heteroatoms. The van der Waals surface area contributed by atoms with E-state index in [1.165, 1.54) is 6.20 Å². The van der Waals surface area contributed by atoms with E-state index < -0.39 is 4.92 Å². The first kappa shape index (κ1) is 13.7. The molecule has 0 amide bonds. The maximum absolute atomic E-state index is 10.7. The molecular formula is C13H19N3O3. The molecule has 2 unspecified atom stereocenters. The molecule has 1 aromatic heterocycles. The van der Waals surface area contributed by atoms with Crippen LogP contribution < -0.4 is 4.90 Å². The van der Waals surface area contributed by atoms with Gasteiger partial charge in [-0.15, -0.1) is 0 Å². The summed E-state index contributed by atoms with van der Waals surface area (Å²) in [6.07, 6.45) is 2.99. The second kappa shape index (κ2) is 5.52. The van der Waals surface area contributed by atoms with Crippen LogP contribution in [0.5, 0.6) is 0 Å². The molecule has 0 radical (unpaired) electrons. The number of aliphatic hydroxyl groups excluding tert-OH is 1. The first-order valence-corrected chi connectivity index (χ1v) is 6.53. The van der Waals surface area contributed by atoms with Crippen molar-refractivity contribution >= 4 is 11.5 Å². The number of piperidine rings is 1. The molecule has 2 atom stereocenters. The maximum atomic E-state index is 10.7. The molecule has 1 fully saturated rings. The normalized spacial score (nSPS) is 21.2. The van der Waals surface area contributed by atoms with Gasteiger partial charge < -0.3 is 10.0 Å². The molecule has 1 aliphatic rings. The summed E-state index contributed by atoms with van der Waals surface area (Å²) in [6.45, 7) is 5.28. The lowest BCUT2D eigenvalue weighted by molar-refractivity contribution is -0.385. The molecule has 6 nitrogen and oxygen atoms in total. The van der Waals surface area contributed by atoms with E-state index in [1.54, 1.807) is 6.07 Å². The lowest BCUT2D eigenvalue weighted by Crippen LogP contribution is -2.40. The summed E-state index contributed by atoms with van der Waals surface area (Å²) in [5.74, 6) is 1.03. The van der Waals surface area contributed by atoms with Crippen molar-refractivity contribution in [2.24, 2.45) is 5.92 Å². The van der Waals surface area contributed by atoms with Gasteiger partial charge in [-0.05, 0) is 32.3 Å². The van der Waals surface area contributed by atoms with Gasteiger partial charge in [-0.2, -0.15) is 0 Å². The minimum Gasteiger partial charge on any atom is -0.393 e. The third-order valence-electron chi connectivity index (χ3n) is 3.69. The number of anilines is 1. The molecule has 0 spiro atoms. The van der Waals surface area contributed by atoms with E-state index in [2.05, 4.69) is 9.88 Å². The predicted molar refractivity (Wildman–Crippen MR) is 72.2 cm³/mol. The molecule has 1 aromatic rings. The van der Waals surface area contributed by atoms with E-state index in [1.807, 2.05) is 13.8 Å². The third-order valence-corrected chi connectivity index (χ3v) is 3.69. The number of pyridine rings is 1. The molecule has 1 aliphatic heterocycles. The molecule has 0 saturated carbocycles. The first-order valence-electron chi connectivity index (χ1n) is 6.53. The number of aromatic nitrogens is 1. The van der Waals surface area contributed by atoms with Crippen LogP contribution in [0, 0.1) is 23.0 Å². The van der Waals surface area contributed by atoms with Crippen molar-refractivity contribution < 1.29 is 10.0 Å². The molecular weight excluding hydrogens is 246 g/mol. The van der Waals surface area contributed by atoms with Gasteiger partial charge in [0.2, 0.25) is 0 Å². The molecule has 104 valence electrons. The van der Waals surface area contributed by atoms with Gasteiger partial charge in [-0.25, -0.2) is 4.98 Å². The van der Waals surface area contributed by atoms with Crippen LogP contribution in [-0.4, -0.2) is 34.2 Å². The Morgan fingerprint density at radius 2 is 2.37 bits per heavy atom. The quantitative estimate of drug-likeness (QED) is 0.667. The molecule has 2 heterocycles. The van der Waals surface area contributed by atoms with Gasteiger partial charge in [0.1, 0.15) is 12.0 Å². The Morgan fingerprint density at radius 1 is 1.63 bits per heavy atom. The Labute approximate surface area is 112 Å². The molecule has 1 N–H and O–H groups in total. The van der Waals surface area contributed by atoms with Gasteiger partial charge >= 0.3 is 0 Å². The highest BCUT2D eigenvalue weighted by molar-refractivity contribution is 5.50. The second-order valence-corrected chi connectivity index (χ2v) is 5.18. The SMILES string of the molecule is Cc1cc([N+](=O)[O-])cnc1N1CCCC(C(C)O)C1. The number of rotatable bonds is 3. The second-order valence-electron chi connectivity index (χ2n) is 5.18. The summed E-state index contributed by atoms with van der Waals surface area (Å²) in [5, 5.41) is 20.4. The van der Waals surface area contributed by atoms with Crippen LogP contribution in [0.3, 0.4) is 0 Å². The monoisotopic (exact) mass is 265 g/mol. The number of aryl methyl sites for hydroxylation is 1. The first-order chi connectivity index (χ1) is 8.99. The van der Waals surface area contributed by atoms with Gasteiger partial charge in [0.25, 0.3) is 5.69 Å². The van der Waals surface area contributed by atoms with Gasteiger partial charge in [-0.1, -0.05) is 0 Å². The fourth-order valence-electron chi connectivity index (χ4n) is 2.58. The van der Waals surface area contributed by atoms with Crippen molar-refractivity contribution in [3.8, 4) is 0 Å². The van der Waals surface area contributed by atoms with Crippen molar-refractivity contribution in [1.29, 1.82) is 0 Å². The van der Waals surface area contributed by atoms with Crippen LogP contribution in [0.2, 0.25) is 0 Å². The summed E-state index contributed by atoms with van der Waals surface area (Å²) < 4.78 is 0. The Bertz CT molecular complexity index is 476. The number of hydrogen-bond acceptors (Lipinski definition) is 5. The minimum atomic E-state index is -0.432. The lowest BCUT2D eigenvalue weighted by atomic mass is 9.93. The molecule has 0 bridgehead atoms. The van der Waals surface area contributed by atoms with Gasteiger partial charge in [0.15, 0.2) is 0 Å². The summed E-state index contributed by atoms with van der Waals surface area (Å²) >= 11 is 0. The van der Waals surface area contributed by atoms with E-state index in [9.17, 15) is 15.2 Å². The molecule has 2 rings (SSSR count). The Morgan fingerprint density at radius 3 is 2.95 bits per heavy atom. The van der Waals surface area contributed by atoms with Crippen molar-refractivity contribution in [2.75, 3.05) is 18.0 Å². The van der Waals surface area contributed by atoms with Crippen LogP contribution in [-0.2, 0) is 0 Å². The molecule has 19 heavy (non-hydrogen) atoms. The highest BCUT2D eigenvalue weighted by Crippen LogP contribution is 2.27. The van der Waals surface area contributed by atoms with Crippen molar-refractivity contribution in [2.45, 2.75) is 32.8 Å². The van der Waals surface area contributed by atoms with Crippen molar-refractivity contribution in [1.82, 2.24) is 4.98 Å². The van der Waals surface area contributed by atoms with Crippen LogP contribution >= 0.6 is 0 Å². The fourth-order valence-corrected chi connectivity index (χ4v) is 2.58. The lowest BCUT2D eigenvalue weighted by Gasteiger charge is -2.35. The van der Waals surface area contributed by atoms with Gasteiger partial charge in [-0.3, -0.25) is 10.1 Å². The van der Waals surface area contributed by atoms with E-state index in [0.29, 0.717) is 0 Å². The summed E-state index contributed by atoms with van der Waals surface area (Å²) in [5.41, 5.74) is 0.825. The van der Waals surface area contributed by atoms with Crippen molar-refractivity contribution in [3.63, 3.8) is 0 Å². The Kier molecular flexibility index (Phi) is 3.99. The predicted octanol–water partition coefficient (Wildman–Crippen LogP) is 1.90. The van der Waals surface area contributed by atoms with E-state index in [4.69, 9.17) is 0 Å². The smallest absolute Gasteiger partial charge is 0.287 e. The molecule has 1 saturated heterocycles. The molecule has 0 aromatic carbocycles. The average molecular weight is 265 g/mol. The fraction of sp³-hybridized carbons (Fsp3) is 0.615. The zero-order chi connectivity index (χ0) is 14.0. The topological polar surface area (TPSA) is 79.5 Å². The van der Waals surface area contributed by atoms with Gasteiger partial charge in [0.05, 0.1) is 11.0 Å². The Hall–Kier alpha value is -1.69. The number of nitrogens with zero attached hydrogens (tertiary/aromatic N) is 3. The van der Waals surface area contributed by atoms with Gasteiger partial charge in [0, 0.05) is 25.1 Å². The largest absolute Gasteiger partial charge is 0.393 e. The van der Waals surface area contributed by atoms with Crippen molar-refractivity contribution in [3.05, 3.63) is 27.9 Å². The van der Waals surface area contributed by atoms with Crippen LogP contribution in [0.4, 0.5) is 11.5 Å². The maximum Gasteiger partial charge on any atom is 0.287 e. The van der Waals surface area contributed by atoms with E-state index in [0.717, 1.165) is 37.3 Å². The van der Waals surface area contributed by atoms with Crippen LogP contribution in [0.15, 0.2) is 12.3 Å². The standard InChI is InChI=1S/C13H19N3O3/c1-9-6-12(16(18)19)7-14-13(9)15-5-3-4-11(8-15)10(2)17/h6-7,10-11,17H,3-5,8H2,1-2H3. The number of nitro groups is 1. The number of aliphatic hydroxyl groups is 1. The highest BCUT2D eigenvalue weighted by Gasteiger charge is 2.25. The Balaban J connectivity index is 2.19. The van der Waals surface area contributed by atoms with Crippen LogP contribution in [0.25, 0.3) is 0 Å². The number of hydrogen-bond donors (Lipinski definition) is 1. The molecule has 0 aliphatic carbocycles.